The molecule has 1 aliphatic rings. The number of nitrogens with one attached hydrogen (secondary N) is 2. The summed E-state index contributed by atoms with van der Waals surface area (Å²) in [7, 11) is 0. The van der Waals surface area contributed by atoms with Gasteiger partial charge in [-0.05, 0) is 32.1 Å². The van der Waals surface area contributed by atoms with Crippen molar-refractivity contribution in [1.29, 1.82) is 0 Å². The summed E-state index contributed by atoms with van der Waals surface area (Å²) < 4.78 is 0. The molecular weight excluding hydrogens is 244 g/mol. The maximum atomic E-state index is 10.9. The number of pyridine rings is 1. The molecule has 1 saturated carbocycles. The molecule has 0 aromatic carbocycles. The van der Waals surface area contributed by atoms with E-state index < -0.39 is 0 Å². The van der Waals surface area contributed by atoms with E-state index in [4.69, 9.17) is 0 Å². The highest BCUT2D eigenvalue weighted by molar-refractivity contribution is 5.55. The van der Waals surface area contributed by atoms with Gasteiger partial charge in [0.2, 0.25) is 0 Å². The predicted molar refractivity (Wildman–Crippen MR) is 75.5 cm³/mol. The van der Waals surface area contributed by atoms with E-state index in [-0.39, 0.29) is 10.6 Å². The van der Waals surface area contributed by atoms with Crippen LogP contribution < -0.4 is 10.6 Å². The fraction of sp³-hybridized carbons (Fsp3) is 0.615. The first-order valence-electron chi connectivity index (χ1n) is 6.75. The van der Waals surface area contributed by atoms with Crippen LogP contribution in [0.25, 0.3) is 0 Å². The lowest BCUT2D eigenvalue weighted by atomic mass is 10.1. The lowest BCUT2D eigenvalue weighted by Crippen LogP contribution is -2.17. The maximum absolute atomic E-state index is 10.9. The molecule has 2 N–H and O–H groups in total. The normalized spacial score (nSPS) is 22.2. The molecule has 1 aliphatic carbocycles. The van der Waals surface area contributed by atoms with Crippen molar-refractivity contribution in [2.75, 3.05) is 17.2 Å². The van der Waals surface area contributed by atoms with Gasteiger partial charge in [0, 0.05) is 12.6 Å². The molecule has 1 fully saturated rings. The third kappa shape index (κ3) is 3.56. The van der Waals surface area contributed by atoms with Crippen LogP contribution in [0, 0.1) is 16.0 Å². The first kappa shape index (κ1) is 13.6. The van der Waals surface area contributed by atoms with E-state index in [1.54, 1.807) is 0 Å². The molecule has 2 unspecified atom stereocenters. The van der Waals surface area contributed by atoms with Gasteiger partial charge in [0.15, 0.2) is 0 Å². The van der Waals surface area contributed by atoms with Gasteiger partial charge in [-0.1, -0.05) is 6.92 Å². The summed E-state index contributed by atoms with van der Waals surface area (Å²) in [6, 6.07) is 3.34. The van der Waals surface area contributed by atoms with Crippen LogP contribution in [0.1, 0.15) is 33.1 Å². The fourth-order valence-corrected chi connectivity index (χ4v) is 2.51. The van der Waals surface area contributed by atoms with Crippen molar-refractivity contribution in [2.45, 2.75) is 39.2 Å². The molecule has 1 aromatic rings. The third-order valence-corrected chi connectivity index (χ3v) is 3.43. The second-order valence-electron chi connectivity index (χ2n) is 5.14. The summed E-state index contributed by atoms with van der Waals surface area (Å²) in [5.74, 6) is 1.85. The average Bonchev–Trinajstić information content (AvgIpc) is 2.75. The number of aromatic nitrogens is 1. The zero-order chi connectivity index (χ0) is 13.8. The average molecular weight is 264 g/mol. The third-order valence-electron chi connectivity index (χ3n) is 3.43. The van der Waals surface area contributed by atoms with Crippen LogP contribution in [0.2, 0.25) is 0 Å². The molecule has 0 bridgehead atoms. The van der Waals surface area contributed by atoms with Crippen LogP contribution in [-0.2, 0) is 0 Å². The second-order valence-corrected chi connectivity index (χ2v) is 5.14. The van der Waals surface area contributed by atoms with Gasteiger partial charge in [-0.2, -0.15) is 0 Å². The Bertz CT molecular complexity index is 464. The molecule has 2 atom stereocenters. The molecule has 6 heteroatoms. The largest absolute Gasteiger partial charge is 0.370 e. The molecule has 1 aromatic heterocycles. The molecule has 19 heavy (non-hydrogen) atoms. The van der Waals surface area contributed by atoms with Crippen molar-refractivity contribution in [1.82, 2.24) is 4.98 Å². The Morgan fingerprint density at radius 2 is 2.16 bits per heavy atom. The Kier molecular flexibility index (Phi) is 4.19. The number of hydrogen-bond acceptors (Lipinski definition) is 5. The smallest absolute Gasteiger partial charge is 0.276 e. The van der Waals surface area contributed by atoms with Gasteiger partial charge in [0.1, 0.15) is 11.6 Å². The highest BCUT2D eigenvalue weighted by Gasteiger charge is 2.22. The first-order valence-corrected chi connectivity index (χ1v) is 6.75. The van der Waals surface area contributed by atoms with Crippen LogP contribution in [0.5, 0.6) is 0 Å². The van der Waals surface area contributed by atoms with Crippen molar-refractivity contribution in [3.8, 4) is 0 Å². The topological polar surface area (TPSA) is 80.1 Å². The summed E-state index contributed by atoms with van der Waals surface area (Å²) in [5.41, 5.74) is 0.0690. The molecule has 0 amide bonds. The number of rotatable bonds is 5. The van der Waals surface area contributed by atoms with Gasteiger partial charge in [0.05, 0.1) is 17.1 Å². The van der Waals surface area contributed by atoms with Gasteiger partial charge in [-0.15, -0.1) is 0 Å². The number of nitro groups is 1. The van der Waals surface area contributed by atoms with Crippen molar-refractivity contribution in [3.05, 3.63) is 22.2 Å². The van der Waals surface area contributed by atoms with E-state index in [2.05, 4.69) is 22.5 Å². The molecule has 2 rings (SSSR count). The van der Waals surface area contributed by atoms with Crippen LogP contribution in [0.15, 0.2) is 12.1 Å². The van der Waals surface area contributed by atoms with Gasteiger partial charge in [-0.3, -0.25) is 10.1 Å². The SMILES string of the molecule is CCNc1cc([N+](=O)[O-])cc(NC2CCC(C)C2)n1. The Balaban J connectivity index is 2.16. The standard InChI is InChI=1S/C13H20N4O2/c1-3-14-12-7-11(17(18)19)8-13(16-12)15-10-5-4-9(2)6-10/h7-10H,3-6H2,1-2H3,(H2,14,15,16). The molecular formula is C13H20N4O2. The van der Waals surface area contributed by atoms with Gasteiger partial charge in [0.25, 0.3) is 5.69 Å². The van der Waals surface area contributed by atoms with Gasteiger partial charge in [-0.25, -0.2) is 4.98 Å². The molecule has 104 valence electrons. The van der Waals surface area contributed by atoms with Crippen molar-refractivity contribution >= 4 is 17.3 Å². The van der Waals surface area contributed by atoms with Crippen LogP contribution in [0.4, 0.5) is 17.3 Å². The monoisotopic (exact) mass is 264 g/mol. The van der Waals surface area contributed by atoms with Crippen molar-refractivity contribution in [2.24, 2.45) is 5.92 Å². The molecule has 0 spiro atoms. The van der Waals surface area contributed by atoms with Crippen LogP contribution in [-0.4, -0.2) is 22.5 Å². The minimum absolute atomic E-state index is 0.0690. The predicted octanol–water partition coefficient (Wildman–Crippen LogP) is 3.02. The van der Waals surface area contributed by atoms with Gasteiger partial charge < -0.3 is 10.6 Å². The summed E-state index contributed by atoms with van der Waals surface area (Å²) in [4.78, 5) is 14.9. The zero-order valence-electron chi connectivity index (χ0n) is 11.3. The minimum Gasteiger partial charge on any atom is -0.370 e. The Labute approximate surface area is 112 Å². The van der Waals surface area contributed by atoms with Gasteiger partial charge >= 0.3 is 0 Å². The highest BCUT2D eigenvalue weighted by atomic mass is 16.6. The van der Waals surface area contributed by atoms with Crippen LogP contribution in [0.3, 0.4) is 0 Å². The quantitative estimate of drug-likeness (QED) is 0.631. The fourth-order valence-electron chi connectivity index (χ4n) is 2.51. The van der Waals surface area contributed by atoms with E-state index in [9.17, 15) is 10.1 Å². The Hall–Kier alpha value is -1.85. The van der Waals surface area contributed by atoms with Crippen LogP contribution >= 0.6 is 0 Å². The molecule has 0 radical (unpaired) electrons. The number of anilines is 2. The van der Waals surface area contributed by atoms with E-state index in [0.717, 1.165) is 12.8 Å². The highest BCUT2D eigenvalue weighted by Crippen LogP contribution is 2.28. The minimum atomic E-state index is -0.384. The number of hydrogen-bond donors (Lipinski definition) is 2. The molecule has 0 saturated heterocycles. The molecule has 1 heterocycles. The maximum Gasteiger partial charge on any atom is 0.276 e. The lowest BCUT2D eigenvalue weighted by Gasteiger charge is -2.14. The summed E-state index contributed by atoms with van der Waals surface area (Å²) in [6.07, 6.45) is 3.40. The van der Waals surface area contributed by atoms with E-state index in [1.807, 2.05) is 6.92 Å². The Morgan fingerprint density at radius 1 is 1.42 bits per heavy atom. The molecule has 0 aliphatic heterocycles. The second kappa shape index (κ2) is 5.86. The Morgan fingerprint density at radius 3 is 2.74 bits per heavy atom. The molecule has 6 nitrogen and oxygen atoms in total. The lowest BCUT2D eigenvalue weighted by molar-refractivity contribution is -0.384. The van der Waals surface area contributed by atoms with E-state index in [0.29, 0.717) is 30.1 Å². The van der Waals surface area contributed by atoms with Crippen molar-refractivity contribution < 1.29 is 4.92 Å². The zero-order valence-corrected chi connectivity index (χ0v) is 11.3. The first-order chi connectivity index (χ1) is 9.08. The van der Waals surface area contributed by atoms with E-state index >= 15 is 0 Å². The van der Waals surface area contributed by atoms with Crippen molar-refractivity contribution in [3.63, 3.8) is 0 Å². The van der Waals surface area contributed by atoms with E-state index in [1.165, 1.54) is 18.6 Å². The summed E-state index contributed by atoms with van der Waals surface area (Å²) >= 11 is 0. The summed E-state index contributed by atoms with van der Waals surface area (Å²) in [6.45, 7) is 4.85. The number of nitrogens with zero attached hydrogens (tertiary/aromatic N) is 2. The summed E-state index contributed by atoms with van der Waals surface area (Å²) in [5, 5.41) is 17.3.